The van der Waals surface area contributed by atoms with Gasteiger partial charge in [0.2, 0.25) is 5.78 Å². The molecule has 1 amide bonds. The number of hydrogen-bond donors (Lipinski definition) is 1. The molecule has 34 heavy (non-hydrogen) atoms. The molecule has 1 heterocycles. The lowest BCUT2D eigenvalue weighted by Crippen LogP contribution is -3.06. The standard InChI is InChI=1S/C27H34N2O5/c1-6-17-33-21-11-9-20(10-12-21)25(30)23-24(19-7-13-22(14-8-19)34-18(2)3)29(16-15-28(4)5)27(32)26(23)31/h7-14,18,24,30H,6,15-17H2,1-5H3/b25-23+. The zero-order chi connectivity index (χ0) is 24.8. The molecular weight excluding hydrogens is 432 g/mol. The van der Waals surface area contributed by atoms with Crippen LogP contribution in [0.3, 0.4) is 0 Å². The average Bonchev–Trinajstić information content (AvgIpc) is 3.06. The van der Waals surface area contributed by atoms with Gasteiger partial charge in [-0.05, 0) is 55.7 Å². The molecule has 3 rings (SSSR count). The molecule has 0 saturated carbocycles. The summed E-state index contributed by atoms with van der Waals surface area (Å²) < 4.78 is 11.3. The molecule has 0 radical (unpaired) electrons. The van der Waals surface area contributed by atoms with Gasteiger partial charge >= 0.3 is 0 Å². The third-order valence-corrected chi connectivity index (χ3v) is 5.54. The smallest absolute Gasteiger partial charge is 0.295 e. The first-order valence-electron chi connectivity index (χ1n) is 11.8. The van der Waals surface area contributed by atoms with E-state index in [0.29, 0.717) is 42.3 Å². The van der Waals surface area contributed by atoms with Crippen molar-refractivity contribution in [1.29, 1.82) is 0 Å². The summed E-state index contributed by atoms with van der Waals surface area (Å²) in [5, 5.41) is 13.5. The Morgan fingerprint density at radius 3 is 2.21 bits per heavy atom. The van der Waals surface area contributed by atoms with E-state index in [9.17, 15) is 14.7 Å². The summed E-state index contributed by atoms with van der Waals surface area (Å²) in [7, 11) is 3.96. The normalized spacial score (nSPS) is 17.6. The zero-order valence-corrected chi connectivity index (χ0v) is 20.6. The van der Waals surface area contributed by atoms with Gasteiger partial charge in [0.15, 0.2) is 0 Å². The second kappa shape index (κ2) is 11.2. The van der Waals surface area contributed by atoms with Gasteiger partial charge in [-0.25, -0.2) is 0 Å². The van der Waals surface area contributed by atoms with Gasteiger partial charge in [-0.2, -0.15) is 0 Å². The highest BCUT2D eigenvalue weighted by Crippen LogP contribution is 2.39. The van der Waals surface area contributed by atoms with Gasteiger partial charge in [0.05, 0.1) is 45.9 Å². The summed E-state index contributed by atoms with van der Waals surface area (Å²) >= 11 is 0. The minimum absolute atomic E-state index is 0.0153. The van der Waals surface area contributed by atoms with Crippen molar-refractivity contribution in [3.05, 3.63) is 65.2 Å². The lowest BCUT2D eigenvalue weighted by atomic mass is 9.95. The van der Waals surface area contributed by atoms with Crippen molar-refractivity contribution in [3.8, 4) is 11.5 Å². The van der Waals surface area contributed by atoms with Gasteiger partial charge in [-0.15, -0.1) is 0 Å². The number of rotatable bonds is 10. The lowest BCUT2D eigenvalue weighted by Gasteiger charge is -2.28. The molecule has 0 aromatic heterocycles. The van der Waals surface area contributed by atoms with E-state index in [1.54, 1.807) is 36.4 Å². The minimum Gasteiger partial charge on any atom is -0.872 e. The number of nitrogens with one attached hydrogen (secondary N) is 1. The van der Waals surface area contributed by atoms with Crippen LogP contribution in [0.5, 0.6) is 11.5 Å². The number of hydrogen-bond acceptors (Lipinski definition) is 5. The van der Waals surface area contributed by atoms with Crippen LogP contribution in [0.1, 0.15) is 44.4 Å². The largest absolute Gasteiger partial charge is 0.872 e. The van der Waals surface area contributed by atoms with E-state index in [1.165, 1.54) is 4.90 Å². The highest BCUT2D eigenvalue weighted by atomic mass is 16.5. The van der Waals surface area contributed by atoms with E-state index in [-0.39, 0.29) is 11.7 Å². The van der Waals surface area contributed by atoms with E-state index in [1.807, 2.05) is 47.0 Å². The molecule has 0 bridgehead atoms. The Bertz CT molecular complexity index is 1030. The summed E-state index contributed by atoms with van der Waals surface area (Å²) in [6, 6.07) is 13.2. The fraction of sp³-hybridized carbons (Fsp3) is 0.407. The average molecular weight is 467 g/mol. The molecule has 0 aliphatic carbocycles. The Hall–Kier alpha value is -3.32. The molecule has 1 saturated heterocycles. The van der Waals surface area contributed by atoms with Crippen LogP contribution < -0.4 is 19.5 Å². The molecule has 7 heteroatoms. The van der Waals surface area contributed by atoms with E-state index in [2.05, 4.69) is 0 Å². The van der Waals surface area contributed by atoms with Crippen molar-refractivity contribution in [3.63, 3.8) is 0 Å². The number of ketones is 1. The monoisotopic (exact) mass is 466 g/mol. The predicted octanol–water partition coefficient (Wildman–Crippen LogP) is 1.63. The number of likely N-dealkylation sites (N-methyl/N-ethyl adjacent to an activating group) is 1. The number of amides is 1. The number of likely N-dealkylation sites (tertiary alicyclic amines) is 1. The molecule has 0 spiro atoms. The SMILES string of the molecule is CCCOc1ccc(/C([O-])=C2\C(=O)C(=O)N(CC[NH+](C)C)C2c2ccc(OC(C)C)cc2)cc1. The maximum absolute atomic E-state index is 13.5. The number of carbonyl (C=O) groups is 2. The zero-order valence-electron chi connectivity index (χ0n) is 20.6. The first-order valence-corrected chi connectivity index (χ1v) is 11.8. The number of quaternary nitrogens is 1. The van der Waals surface area contributed by atoms with Gasteiger partial charge in [0.1, 0.15) is 11.5 Å². The molecule has 182 valence electrons. The van der Waals surface area contributed by atoms with Crippen molar-refractivity contribution >= 4 is 17.4 Å². The van der Waals surface area contributed by atoms with E-state index < -0.39 is 23.5 Å². The van der Waals surface area contributed by atoms with Gasteiger partial charge < -0.3 is 24.4 Å². The molecule has 1 unspecified atom stereocenters. The molecule has 7 nitrogen and oxygen atoms in total. The van der Waals surface area contributed by atoms with Gasteiger partial charge in [-0.1, -0.05) is 36.9 Å². The fourth-order valence-electron chi connectivity index (χ4n) is 3.87. The van der Waals surface area contributed by atoms with Gasteiger partial charge in [0.25, 0.3) is 5.91 Å². The van der Waals surface area contributed by atoms with Crippen LogP contribution in [-0.2, 0) is 9.59 Å². The first kappa shape index (κ1) is 25.3. The number of Topliss-reactive ketones (excluding diaryl/α,β-unsaturated/α-hetero) is 1. The van der Waals surface area contributed by atoms with Crippen molar-refractivity contribution in [1.82, 2.24) is 4.90 Å². The summed E-state index contributed by atoms with van der Waals surface area (Å²) in [4.78, 5) is 28.7. The summed E-state index contributed by atoms with van der Waals surface area (Å²) in [6.45, 7) is 7.49. The number of benzene rings is 2. The van der Waals surface area contributed by atoms with Crippen molar-refractivity contribution in [2.75, 3.05) is 33.8 Å². The Labute approximate surface area is 201 Å². The molecule has 1 fully saturated rings. The quantitative estimate of drug-likeness (QED) is 0.327. The molecular formula is C27H34N2O5. The van der Waals surface area contributed by atoms with E-state index >= 15 is 0 Å². The molecule has 1 aliphatic heterocycles. The second-order valence-corrected chi connectivity index (χ2v) is 9.04. The van der Waals surface area contributed by atoms with E-state index in [0.717, 1.165) is 11.3 Å². The fourth-order valence-corrected chi connectivity index (χ4v) is 3.87. The van der Waals surface area contributed by atoms with Crippen molar-refractivity contribution in [2.24, 2.45) is 0 Å². The van der Waals surface area contributed by atoms with Crippen LogP contribution in [0.4, 0.5) is 0 Å². The second-order valence-electron chi connectivity index (χ2n) is 9.04. The Morgan fingerprint density at radius 2 is 1.65 bits per heavy atom. The van der Waals surface area contributed by atoms with Crippen molar-refractivity contribution < 1.29 is 29.1 Å². The predicted molar refractivity (Wildman–Crippen MR) is 128 cm³/mol. The molecule has 2 aromatic carbocycles. The lowest BCUT2D eigenvalue weighted by molar-refractivity contribution is -0.857. The highest BCUT2D eigenvalue weighted by Gasteiger charge is 2.44. The third kappa shape index (κ3) is 5.78. The van der Waals surface area contributed by atoms with E-state index in [4.69, 9.17) is 9.47 Å². The summed E-state index contributed by atoms with van der Waals surface area (Å²) in [5.74, 6) is -0.468. The van der Waals surface area contributed by atoms with Crippen molar-refractivity contribution in [2.45, 2.75) is 39.3 Å². The molecule has 1 atom stereocenters. The maximum atomic E-state index is 13.5. The summed E-state index contributed by atoms with van der Waals surface area (Å²) in [5.41, 5.74) is 1.04. The topological polar surface area (TPSA) is 83.3 Å². The number of carbonyl (C=O) groups excluding carboxylic acids is 2. The van der Waals surface area contributed by atoms with Crippen LogP contribution in [0.2, 0.25) is 0 Å². The number of ether oxygens (including phenoxy) is 2. The third-order valence-electron chi connectivity index (χ3n) is 5.54. The Morgan fingerprint density at radius 1 is 1.03 bits per heavy atom. The Kier molecular flexibility index (Phi) is 8.34. The maximum Gasteiger partial charge on any atom is 0.295 e. The minimum atomic E-state index is -0.740. The van der Waals surface area contributed by atoms with Crippen LogP contribution in [0.15, 0.2) is 54.1 Å². The number of nitrogens with zero attached hydrogens (tertiary/aromatic N) is 1. The summed E-state index contributed by atoms with van der Waals surface area (Å²) in [6.07, 6.45) is 0.899. The van der Waals surface area contributed by atoms with Crippen LogP contribution >= 0.6 is 0 Å². The van der Waals surface area contributed by atoms with Gasteiger partial charge in [0, 0.05) is 5.57 Å². The Balaban J connectivity index is 2.03. The van der Waals surface area contributed by atoms with Crippen LogP contribution in [-0.4, -0.2) is 56.5 Å². The first-order chi connectivity index (χ1) is 16.2. The molecule has 1 aliphatic rings. The van der Waals surface area contributed by atoms with Crippen LogP contribution in [0, 0.1) is 0 Å². The van der Waals surface area contributed by atoms with Gasteiger partial charge in [-0.3, -0.25) is 9.59 Å². The van der Waals surface area contributed by atoms with Crippen LogP contribution in [0.25, 0.3) is 5.76 Å². The molecule has 2 aromatic rings. The highest BCUT2D eigenvalue weighted by molar-refractivity contribution is 6.46. The molecule has 1 N–H and O–H groups in total.